The van der Waals surface area contributed by atoms with Gasteiger partial charge in [0.05, 0.1) is 0 Å². The number of hydrogen-bond acceptors (Lipinski definition) is 2. The second-order valence-electron chi connectivity index (χ2n) is 4.13. The maximum absolute atomic E-state index is 12.0. The van der Waals surface area contributed by atoms with Gasteiger partial charge in [0, 0.05) is 13.6 Å². The predicted octanol–water partition coefficient (Wildman–Crippen LogP) is 4.62. The van der Waals surface area contributed by atoms with E-state index in [0.29, 0.717) is 5.56 Å². The van der Waals surface area contributed by atoms with Gasteiger partial charge < -0.3 is 4.74 Å². The molecule has 2 aromatic rings. The topological polar surface area (TPSA) is 26.3 Å². The Morgan fingerprint density at radius 2 is 1.89 bits per heavy atom. The molecule has 0 saturated heterocycles. The maximum atomic E-state index is 12.0. The summed E-state index contributed by atoms with van der Waals surface area (Å²) in [5.41, 5.74) is 1.68. The Kier molecular flexibility index (Phi) is 4.99. The van der Waals surface area contributed by atoms with Crippen LogP contribution < -0.4 is 4.74 Å². The monoisotopic (exact) mass is 430 g/mol. The van der Waals surface area contributed by atoms with Gasteiger partial charge in [-0.25, -0.2) is 0 Å². The lowest BCUT2D eigenvalue weighted by atomic mass is 10.1. The molecule has 0 aliphatic carbocycles. The zero-order chi connectivity index (χ0) is 13.8. The van der Waals surface area contributed by atoms with E-state index in [1.165, 1.54) is 0 Å². The van der Waals surface area contributed by atoms with Gasteiger partial charge >= 0.3 is 0 Å². The lowest BCUT2D eigenvalue weighted by Crippen LogP contribution is -2.12. The lowest BCUT2D eigenvalue weighted by molar-refractivity contribution is 0.0921. The molecule has 0 unspecified atom stereocenters. The average Bonchev–Trinajstić information content (AvgIpc) is 2.38. The van der Waals surface area contributed by atoms with Crippen molar-refractivity contribution in [2.75, 3.05) is 6.61 Å². The Labute approximate surface area is 134 Å². The van der Waals surface area contributed by atoms with E-state index >= 15 is 0 Å². The molecule has 19 heavy (non-hydrogen) atoms. The van der Waals surface area contributed by atoms with E-state index in [4.69, 9.17) is 4.74 Å². The molecular weight excluding hydrogens is 419 g/mol. The van der Waals surface area contributed by atoms with Gasteiger partial charge in [-0.05, 0) is 65.4 Å². The molecule has 0 aliphatic heterocycles. The molecule has 0 bridgehead atoms. The molecule has 0 atom stereocenters. The van der Waals surface area contributed by atoms with Crippen LogP contribution in [0.4, 0.5) is 0 Å². The van der Waals surface area contributed by atoms with Crippen molar-refractivity contribution in [1.82, 2.24) is 0 Å². The molecule has 98 valence electrons. The Morgan fingerprint density at radius 1 is 1.21 bits per heavy atom. The van der Waals surface area contributed by atoms with Gasteiger partial charge in [0.1, 0.15) is 5.75 Å². The molecule has 0 radical (unpaired) electrons. The van der Waals surface area contributed by atoms with Crippen molar-refractivity contribution in [3.05, 3.63) is 61.6 Å². The van der Waals surface area contributed by atoms with Gasteiger partial charge in [0.15, 0.2) is 12.4 Å². The fraction of sp³-hybridized carbons (Fsp3) is 0.133. The molecule has 0 aromatic heterocycles. The Morgan fingerprint density at radius 3 is 2.53 bits per heavy atom. The van der Waals surface area contributed by atoms with Crippen molar-refractivity contribution in [1.29, 1.82) is 0 Å². The smallest absolute Gasteiger partial charge is 0.200 e. The first-order chi connectivity index (χ1) is 9.06. The van der Waals surface area contributed by atoms with Crippen LogP contribution in [0.3, 0.4) is 0 Å². The average molecular weight is 431 g/mol. The fourth-order valence-corrected chi connectivity index (χ4v) is 2.47. The van der Waals surface area contributed by atoms with E-state index in [0.717, 1.165) is 19.4 Å². The molecule has 0 aliphatic rings. The molecule has 2 aromatic carbocycles. The molecule has 0 heterocycles. The summed E-state index contributed by atoms with van der Waals surface area (Å²) in [6.07, 6.45) is 0. The van der Waals surface area contributed by atoms with Crippen molar-refractivity contribution in [2.24, 2.45) is 0 Å². The Balaban J connectivity index is 2.02. The predicted molar refractivity (Wildman–Crippen MR) is 87.9 cm³/mol. The van der Waals surface area contributed by atoms with Crippen molar-refractivity contribution < 1.29 is 9.53 Å². The second kappa shape index (κ2) is 6.52. The first-order valence-corrected chi connectivity index (χ1v) is 7.61. The summed E-state index contributed by atoms with van der Waals surface area (Å²) in [7, 11) is 0. The fourth-order valence-electron chi connectivity index (χ4n) is 1.64. The van der Waals surface area contributed by atoms with Crippen LogP contribution in [0.15, 0.2) is 46.9 Å². The highest BCUT2D eigenvalue weighted by Crippen LogP contribution is 2.22. The van der Waals surface area contributed by atoms with Gasteiger partial charge in [0.2, 0.25) is 0 Å². The van der Waals surface area contributed by atoms with Crippen LogP contribution in [-0.4, -0.2) is 12.4 Å². The van der Waals surface area contributed by atoms with E-state index in [2.05, 4.69) is 38.5 Å². The summed E-state index contributed by atoms with van der Waals surface area (Å²) in [4.78, 5) is 12.0. The molecule has 2 rings (SSSR count). The normalized spacial score (nSPS) is 10.3. The van der Waals surface area contributed by atoms with Crippen LogP contribution >= 0.6 is 38.5 Å². The summed E-state index contributed by atoms with van der Waals surface area (Å²) >= 11 is 5.61. The van der Waals surface area contributed by atoms with E-state index in [9.17, 15) is 4.79 Å². The van der Waals surface area contributed by atoms with E-state index in [1.807, 2.05) is 49.4 Å². The molecular formula is C15H12BrIO2. The SMILES string of the molecule is Cc1cc(Br)ccc1OCC(=O)c1ccc(I)cc1. The molecule has 2 nitrogen and oxygen atoms in total. The van der Waals surface area contributed by atoms with Gasteiger partial charge in [-0.3, -0.25) is 4.79 Å². The standard InChI is InChI=1S/C15H12BrIO2/c1-10-8-12(16)4-7-15(10)19-9-14(18)11-2-5-13(17)6-3-11/h2-8H,9H2,1H3. The second-order valence-corrected chi connectivity index (χ2v) is 6.29. The lowest BCUT2D eigenvalue weighted by Gasteiger charge is -2.08. The minimum absolute atomic E-state index is 0.0151. The molecule has 4 heteroatoms. The first kappa shape index (κ1) is 14.5. The third kappa shape index (κ3) is 4.04. The van der Waals surface area contributed by atoms with Crippen LogP contribution in [0.25, 0.3) is 0 Å². The Bertz CT molecular complexity index is 594. The molecule has 0 saturated carbocycles. The zero-order valence-electron chi connectivity index (χ0n) is 10.3. The van der Waals surface area contributed by atoms with E-state index in [-0.39, 0.29) is 12.4 Å². The van der Waals surface area contributed by atoms with Gasteiger partial charge in [0.25, 0.3) is 0 Å². The number of carbonyl (C=O) groups is 1. The van der Waals surface area contributed by atoms with Crippen molar-refractivity contribution in [3.8, 4) is 5.75 Å². The van der Waals surface area contributed by atoms with Gasteiger partial charge in [-0.2, -0.15) is 0 Å². The minimum Gasteiger partial charge on any atom is -0.485 e. The summed E-state index contributed by atoms with van der Waals surface area (Å²) in [6.45, 7) is 2.01. The molecule has 0 N–H and O–H groups in total. The third-order valence-corrected chi connectivity index (χ3v) is 3.87. The molecule has 0 spiro atoms. The number of rotatable bonds is 4. The van der Waals surface area contributed by atoms with Crippen LogP contribution in [-0.2, 0) is 0 Å². The summed E-state index contributed by atoms with van der Waals surface area (Å²) in [5, 5.41) is 0. The van der Waals surface area contributed by atoms with Crippen molar-refractivity contribution >= 4 is 44.3 Å². The molecule has 0 amide bonds. The maximum Gasteiger partial charge on any atom is 0.200 e. The summed E-state index contributed by atoms with van der Waals surface area (Å²) in [5.74, 6) is 0.723. The Hall–Kier alpha value is -0.880. The summed E-state index contributed by atoms with van der Waals surface area (Å²) < 4.78 is 7.68. The van der Waals surface area contributed by atoms with E-state index < -0.39 is 0 Å². The van der Waals surface area contributed by atoms with Crippen molar-refractivity contribution in [2.45, 2.75) is 6.92 Å². The number of aryl methyl sites for hydroxylation is 1. The highest BCUT2D eigenvalue weighted by atomic mass is 127. The number of ketones is 1. The van der Waals surface area contributed by atoms with Crippen LogP contribution in [0.2, 0.25) is 0 Å². The molecule has 0 fully saturated rings. The number of halogens is 2. The van der Waals surface area contributed by atoms with Crippen LogP contribution in [0, 0.1) is 10.5 Å². The van der Waals surface area contributed by atoms with Crippen LogP contribution in [0.5, 0.6) is 5.75 Å². The third-order valence-electron chi connectivity index (χ3n) is 2.66. The quantitative estimate of drug-likeness (QED) is 0.522. The highest BCUT2D eigenvalue weighted by molar-refractivity contribution is 14.1. The van der Waals surface area contributed by atoms with Gasteiger partial charge in [-0.1, -0.05) is 28.1 Å². The number of hydrogen-bond donors (Lipinski definition) is 0. The largest absolute Gasteiger partial charge is 0.485 e. The van der Waals surface area contributed by atoms with Crippen molar-refractivity contribution in [3.63, 3.8) is 0 Å². The zero-order valence-corrected chi connectivity index (χ0v) is 14.1. The van der Waals surface area contributed by atoms with Crippen LogP contribution in [0.1, 0.15) is 15.9 Å². The first-order valence-electron chi connectivity index (χ1n) is 5.74. The minimum atomic E-state index is -0.0151. The number of benzene rings is 2. The number of Topliss-reactive ketones (excluding diaryl/α,β-unsaturated/α-hetero) is 1. The highest BCUT2D eigenvalue weighted by Gasteiger charge is 2.08. The number of ether oxygens (including phenoxy) is 1. The van der Waals surface area contributed by atoms with E-state index in [1.54, 1.807) is 0 Å². The summed E-state index contributed by atoms with van der Waals surface area (Å²) in [6, 6.07) is 13.2. The van der Waals surface area contributed by atoms with Gasteiger partial charge in [-0.15, -0.1) is 0 Å². The number of carbonyl (C=O) groups excluding carboxylic acids is 1.